The highest BCUT2D eigenvalue weighted by molar-refractivity contribution is 7.46. The van der Waals surface area contributed by atoms with E-state index in [9.17, 15) is 29.0 Å². The molecule has 1 unspecified atom stereocenters. The van der Waals surface area contributed by atoms with E-state index in [1.54, 1.807) is 21.1 Å². The van der Waals surface area contributed by atoms with Gasteiger partial charge in [0, 0.05) is 0 Å². The van der Waals surface area contributed by atoms with Gasteiger partial charge in [-0.2, -0.15) is 0 Å². The Morgan fingerprint density at radius 1 is 0.971 bits per heavy atom. The van der Waals surface area contributed by atoms with Crippen molar-refractivity contribution in [2.24, 2.45) is 0 Å². The van der Waals surface area contributed by atoms with E-state index in [1.165, 1.54) is 45.4 Å². The number of unbranched alkanes of at least 4 members (excludes halogenated alkanes) is 10. The van der Waals surface area contributed by atoms with Crippen LogP contribution < -0.4 is 5.11 Å². The third-order valence-corrected chi connectivity index (χ3v) is 6.05. The molecule has 0 aliphatic carbocycles. The lowest BCUT2D eigenvalue weighted by Crippen LogP contribution is -2.54. The second kappa shape index (κ2) is 15.6. The molecule has 0 rings (SSSR count). The van der Waals surface area contributed by atoms with Gasteiger partial charge in [0.15, 0.2) is 5.78 Å². The van der Waals surface area contributed by atoms with Crippen molar-refractivity contribution in [2.45, 2.75) is 96.5 Å². The number of rotatable bonds is 20. The molecule has 34 heavy (non-hydrogen) atoms. The number of aliphatic carboxylic acids is 1. The SMILES string of the molecule is C=C(C)C(=O)C(C=C(CCCCCCCCCCCCC)C(=O)[O-])(C[N+](C)(C)C)OP(=O)(O)O. The van der Waals surface area contributed by atoms with E-state index in [-0.39, 0.29) is 28.6 Å². The first kappa shape index (κ1) is 32.7. The maximum absolute atomic E-state index is 13.0. The summed E-state index contributed by atoms with van der Waals surface area (Å²) < 4.78 is 16.8. The van der Waals surface area contributed by atoms with Crippen LogP contribution in [0.1, 0.15) is 90.9 Å². The number of quaternary nitrogens is 1. The number of Topliss-reactive ketones (excluding diaryl/α,β-unsaturated/α-hetero) is 1. The predicted octanol–water partition coefficient (Wildman–Crippen LogP) is 4.06. The maximum atomic E-state index is 13.0. The molecule has 0 radical (unpaired) electrons. The van der Waals surface area contributed by atoms with Crippen molar-refractivity contribution in [3.63, 3.8) is 0 Å². The van der Waals surface area contributed by atoms with Crippen molar-refractivity contribution in [1.29, 1.82) is 0 Å². The Morgan fingerprint density at radius 2 is 1.41 bits per heavy atom. The highest BCUT2D eigenvalue weighted by Gasteiger charge is 2.47. The van der Waals surface area contributed by atoms with Crippen LogP contribution in [0.4, 0.5) is 0 Å². The summed E-state index contributed by atoms with van der Waals surface area (Å²) in [5.41, 5.74) is -2.37. The third-order valence-electron chi connectivity index (χ3n) is 5.48. The van der Waals surface area contributed by atoms with Gasteiger partial charge in [0.2, 0.25) is 5.60 Å². The van der Waals surface area contributed by atoms with Crippen molar-refractivity contribution in [3.05, 3.63) is 23.8 Å². The number of hydrogen-bond donors (Lipinski definition) is 2. The van der Waals surface area contributed by atoms with E-state index in [1.807, 2.05) is 0 Å². The fourth-order valence-electron chi connectivity index (χ4n) is 4.05. The van der Waals surface area contributed by atoms with Crippen LogP contribution in [0.25, 0.3) is 0 Å². The lowest BCUT2D eigenvalue weighted by atomic mass is 9.89. The van der Waals surface area contributed by atoms with Crippen LogP contribution in [0, 0.1) is 0 Å². The van der Waals surface area contributed by atoms with Gasteiger partial charge in [-0.25, -0.2) is 4.57 Å². The number of nitrogens with zero attached hydrogens (tertiary/aromatic N) is 1. The number of carboxylic acids is 1. The number of hydrogen-bond acceptors (Lipinski definition) is 5. The monoisotopic (exact) mass is 503 g/mol. The summed E-state index contributed by atoms with van der Waals surface area (Å²) in [6, 6.07) is 0. The largest absolute Gasteiger partial charge is 0.545 e. The van der Waals surface area contributed by atoms with Gasteiger partial charge >= 0.3 is 7.82 Å². The minimum absolute atomic E-state index is 0.00513. The van der Waals surface area contributed by atoms with Crippen LogP contribution >= 0.6 is 7.82 Å². The average molecular weight is 504 g/mol. The molecule has 0 bridgehead atoms. The van der Waals surface area contributed by atoms with Gasteiger partial charge in [0.1, 0.15) is 6.54 Å². The summed E-state index contributed by atoms with van der Waals surface area (Å²) >= 11 is 0. The summed E-state index contributed by atoms with van der Waals surface area (Å²) in [5, 5.41) is 11.8. The molecule has 0 aromatic carbocycles. The zero-order valence-electron chi connectivity index (χ0n) is 21.8. The van der Waals surface area contributed by atoms with Crippen LogP contribution in [-0.2, 0) is 18.7 Å². The number of carbonyl (C=O) groups is 2. The molecule has 2 N–H and O–H groups in total. The van der Waals surface area contributed by atoms with Crippen LogP contribution in [0.15, 0.2) is 23.8 Å². The number of carboxylic acid groups (broad SMARTS) is 1. The van der Waals surface area contributed by atoms with Crippen LogP contribution in [-0.4, -0.2) is 59.3 Å². The van der Waals surface area contributed by atoms with Gasteiger partial charge < -0.3 is 24.2 Å². The van der Waals surface area contributed by atoms with Gasteiger partial charge in [0.25, 0.3) is 0 Å². The van der Waals surface area contributed by atoms with Gasteiger partial charge in [-0.15, -0.1) is 0 Å². The molecule has 0 saturated carbocycles. The molecule has 0 saturated heterocycles. The molecule has 0 aliphatic rings. The first-order chi connectivity index (χ1) is 15.6. The Hall–Kier alpha value is -1.31. The van der Waals surface area contributed by atoms with Crippen molar-refractivity contribution in [2.75, 3.05) is 27.7 Å². The minimum Gasteiger partial charge on any atom is -0.545 e. The van der Waals surface area contributed by atoms with Crippen molar-refractivity contribution in [1.82, 2.24) is 0 Å². The molecule has 1 atom stereocenters. The fraction of sp³-hybridized carbons (Fsp3) is 0.760. The fourth-order valence-corrected chi connectivity index (χ4v) is 4.67. The minimum atomic E-state index is -5.14. The van der Waals surface area contributed by atoms with Gasteiger partial charge in [-0.3, -0.25) is 9.32 Å². The molecule has 8 nitrogen and oxygen atoms in total. The molecule has 0 aromatic rings. The van der Waals surface area contributed by atoms with Crippen LogP contribution in [0.5, 0.6) is 0 Å². The molecule has 0 aliphatic heterocycles. The molecule has 0 spiro atoms. The molecular weight excluding hydrogens is 457 g/mol. The summed E-state index contributed by atoms with van der Waals surface area (Å²) in [7, 11) is -0.0155. The quantitative estimate of drug-likeness (QED) is 0.111. The molecular formula is C25H46NO7P. The first-order valence-electron chi connectivity index (χ1n) is 12.3. The van der Waals surface area contributed by atoms with Gasteiger partial charge in [-0.05, 0) is 37.0 Å². The second-order valence-electron chi connectivity index (χ2n) is 10.3. The normalized spacial score (nSPS) is 14.6. The van der Waals surface area contributed by atoms with E-state index in [4.69, 9.17) is 4.52 Å². The Morgan fingerprint density at radius 3 is 1.76 bits per heavy atom. The highest BCUT2D eigenvalue weighted by atomic mass is 31.2. The zero-order valence-corrected chi connectivity index (χ0v) is 22.7. The van der Waals surface area contributed by atoms with Crippen molar-refractivity contribution in [3.8, 4) is 0 Å². The van der Waals surface area contributed by atoms with E-state index in [0.717, 1.165) is 31.8 Å². The summed E-state index contributed by atoms with van der Waals surface area (Å²) in [6.45, 7) is 6.98. The summed E-state index contributed by atoms with van der Waals surface area (Å²) in [4.78, 5) is 43.9. The van der Waals surface area contributed by atoms with E-state index < -0.39 is 25.2 Å². The van der Waals surface area contributed by atoms with Crippen LogP contribution in [0.2, 0.25) is 0 Å². The molecule has 0 aromatic heterocycles. The van der Waals surface area contributed by atoms with E-state index in [2.05, 4.69) is 13.5 Å². The Balaban J connectivity index is 5.29. The number of ketones is 1. The highest BCUT2D eigenvalue weighted by Crippen LogP contribution is 2.44. The van der Waals surface area contributed by atoms with E-state index >= 15 is 0 Å². The average Bonchev–Trinajstić information content (AvgIpc) is 2.67. The number of phosphoric acid groups is 1. The van der Waals surface area contributed by atoms with E-state index in [0.29, 0.717) is 6.42 Å². The number of carbonyl (C=O) groups excluding carboxylic acids is 2. The Bertz CT molecular complexity index is 736. The zero-order chi connectivity index (χ0) is 26.4. The Labute approximate surface area is 205 Å². The Kier molecular flexibility index (Phi) is 15.0. The van der Waals surface area contributed by atoms with Crippen molar-refractivity contribution < 1.29 is 38.1 Å². The van der Waals surface area contributed by atoms with Crippen LogP contribution in [0.3, 0.4) is 0 Å². The van der Waals surface area contributed by atoms with Crippen molar-refractivity contribution >= 4 is 19.6 Å². The van der Waals surface area contributed by atoms with Gasteiger partial charge in [-0.1, -0.05) is 77.7 Å². The first-order valence-corrected chi connectivity index (χ1v) is 13.9. The maximum Gasteiger partial charge on any atom is 0.471 e. The number of likely N-dealkylation sites (N-methyl/N-ethyl adjacent to an activating group) is 1. The molecule has 9 heteroatoms. The molecule has 198 valence electrons. The number of phosphoric ester groups is 1. The lowest BCUT2D eigenvalue weighted by molar-refractivity contribution is -0.874. The molecule has 0 amide bonds. The second-order valence-corrected chi connectivity index (χ2v) is 11.4. The molecule has 0 heterocycles. The van der Waals surface area contributed by atoms with Gasteiger partial charge in [0.05, 0.1) is 27.1 Å². The topological polar surface area (TPSA) is 124 Å². The molecule has 0 fully saturated rings. The standard InChI is InChI=1S/C25H46NO7P/c1-7-8-9-10-11-12-13-14-15-16-17-18-22(24(28)29)19-25(20-26(4,5)6,23(27)21(2)3)33-34(30,31)32/h19H,2,7-18,20H2,1,3-6H3,(H2-,28,29,30,31,32). The lowest BCUT2D eigenvalue weighted by Gasteiger charge is -2.36. The predicted molar refractivity (Wildman–Crippen MR) is 133 cm³/mol. The smallest absolute Gasteiger partial charge is 0.471 e. The summed E-state index contributed by atoms with van der Waals surface area (Å²) in [6.07, 6.45) is 13.3. The summed E-state index contributed by atoms with van der Waals surface area (Å²) in [5.74, 6) is -2.26. The third kappa shape index (κ3) is 14.8.